The molecule has 0 spiro atoms. The molecule has 0 bridgehead atoms. The minimum absolute atomic E-state index is 0.0932. The summed E-state index contributed by atoms with van der Waals surface area (Å²) in [5.74, 6) is 0. The molecule has 5 heteroatoms. The molecule has 5 nitrogen and oxygen atoms in total. The summed E-state index contributed by atoms with van der Waals surface area (Å²) in [6.07, 6.45) is 1.29. The van der Waals surface area contributed by atoms with Crippen LogP contribution in [0.5, 0.6) is 0 Å². The minimum atomic E-state index is -0.186. The SMILES string of the molecule is CN(Cc1cccc(C#N)c1)C(=O)NC(CCCO)c1ccccc1. The molecule has 130 valence electrons. The van der Waals surface area contributed by atoms with E-state index in [1.54, 1.807) is 24.1 Å². The first-order valence-corrected chi connectivity index (χ1v) is 8.30. The number of carbonyl (C=O) groups is 1. The van der Waals surface area contributed by atoms with Crippen molar-refractivity contribution in [2.45, 2.75) is 25.4 Å². The van der Waals surface area contributed by atoms with E-state index in [1.807, 2.05) is 42.5 Å². The number of aliphatic hydroxyl groups excluding tert-OH is 1. The van der Waals surface area contributed by atoms with Crippen molar-refractivity contribution in [2.75, 3.05) is 13.7 Å². The van der Waals surface area contributed by atoms with Gasteiger partial charge in [-0.1, -0.05) is 42.5 Å². The Morgan fingerprint density at radius 3 is 2.68 bits per heavy atom. The van der Waals surface area contributed by atoms with Gasteiger partial charge in [-0.05, 0) is 36.1 Å². The van der Waals surface area contributed by atoms with E-state index in [1.165, 1.54) is 0 Å². The topological polar surface area (TPSA) is 76.4 Å². The summed E-state index contributed by atoms with van der Waals surface area (Å²) < 4.78 is 0. The van der Waals surface area contributed by atoms with E-state index in [-0.39, 0.29) is 18.7 Å². The van der Waals surface area contributed by atoms with Gasteiger partial charge in [-0.3, -0.25) is 0 Å². The molecule has 0 aliphatic heterocycles. The highest BCUT2D eigenvalue weighted by Gasteiger charge is 2.17. The summed E-state index contributed by atoms with van der Waals surface area (Å²) >= 11 is 0. The Bertz CT molecular complexity index is 725. The van der Waals surface area contributed by atoms with E-state index in [0.717, 1.165) is 11.1 Å². The summed E-state index contributed by atoms with van der Waals surface area (Å²) in [6, 6.07) is 18.7. The van der Waals surface area contributed by atoms with E-state index in [4.69, 9.17) is 10.4 Å². The minimum Gasteiger partial charge on any atom is -0.396 e. The number of nitriles is 1. The molecule has 0 saturated heterocycles. The molecule has 1 atom stereocenters. The average Bonchev–Trinajstić information content (AvgIpc) is 2.65. The summed E-state index contributed by atoms with van der Waals surface area (Å²) in [4.78, 5) is 14.1. The van der Waals surface area contributed by atoms with Crippen LogP contribution in [-0.4, -0.2) is 29.7 Å². The van der Waals surface area contributed by atoms with Gasteiger partial charge in [0.05, 0.1) is 17.7 Å². The second kappa shape index (κ2) is 9.45. The Balaban J connectivity index is 2.02. The van der Waals surface area contributed by atoms with Crippen LogP contribution < -0.4 is 5.32 Å². The summed E-state index contributed by atoms with van der Waals surface area (Å²) in [5, 5.41) is 21.1. The van der Waals surface area contributed by atoms with Gasteiger partial charge in [0, 0.05) is 20.2 Å². The van der Waals surface area contributed by atoms with Gasteiger partial charge in [0.15, 0.2) is 0 Å². The lowest BCUT2D eigenvalue weighted by atomic mass is 10.0. The summed E-state index contributed by atoms with van der Waals surface area (Å²) in [5.41, 5.74) is 2.50. The zero-order chi connectivity index (χ0) is 18.1. The Morgan fingerprint density at radius 1 is 1.24 bits per heavy atom. The van der Waals surface area contributed by atoms with Gasteiger partial charge in [0.2, 0.25) is 0 Å². The third-order valence-electron chi connectivity index (χ3n) is 3.97. The van der Waals surface area contributed by atoms with Crippen LogP contribution in [-0.2, 0) is 6.54 Å². The highest BCUT2D eigenvalue weighted by molar-refractivity contribution is 5.74. The van der Waals surface area contributed by atoms with Crippen LogP contribution in [0.4, 0.5) is 4.79 Å². The second-order valence-electron chi connectivity index (χ2n) is 5.95. The number of carbonyl (C=O) groups excluding carboxylic acids is 1. The molecule has 1 unspecified atom stereocenters. The monoisotopic (exact) mass is 337 g/mol. The molecule has 25 heavy (non-hydrogen) atoms. The zero-order valence-electron chi connectivity index (χ0n) is 14.4. The third kappa shape index (κ3) is 5.63. The maximum atomic E-state index is 12.5. The highest BCUT2D eigenvalue weighted by Crippen LogP contribution is 2.18. The molecule has 0 heterocycles. The fraction of sp³-hybridized carbons (Fsp3) is 0.300. The van der Waals surface area contributed by atoms with Crippen molar-refractivity contribution in [3.8, 4) is 6.07 Å². The van der Waals surface area contributed by atoms with Crippen LogP contribution >= 0.6 is 0 Å². The zero-order valence-corrected chi connectivity index (χ0v) is 14.4. The van der Waals surface area contributed by atoms with Crippen molar-refractivity contribution in [3.05, 3.63) is 71.3 Å². The van der Waals surface area contributed by atoms with Gasteiger partial charge >= 0.3 is 6.03 Å². The molecule has 0 fully saturated rings. The summed E-state index contributed by atoms with van der Waals surface area (Å²) in [7, 11) is 1.72. The molecule has 0 radical (unpaired) electrons. The molecule has 2 aromatic carbocycles. The predicted molar refractivity (Wildman–Crippen MR) is 96.7 cm³/mol. The van der Waals surface area contributed by atoms with Crippen LogP contribution in [0.25, 0.3) is 0 Å². The Labute approximate surface area is 148 Å². The fourth-order valence-corrected chi connectivity index (χ4v) is 2.65. The molecule has 0 aliphatic carbocycles. The number of nitrogens with one attached hydrogen (secondary N) is 1. The maximum absolute atomic E-state index is 12.5. The smallest absolute Gasteiger partial charge is 0.317 e. The molecule has 0 aliphatic rings. The number of nitrogens with zero attached hydrogens (tertiary/aromatic N) is 2. The Kier molecular flexibility index (Phi) is 7.00. The number of urea groups is 1. The van der Waals surface area contributed by atoms with Gasteiger partial charge in [0.1, 0.15) is 0 Å². The number of benzene rings is 2. The van der Waals surface area contributed by atoms with Crippen molar-refractivity contribution in [1.29, 1.82) is 5.26 Å². The third-order valence-corrected chi connectivity index (χ3v) is 3.97. The highest BCUT2D eigenvalue weighted by atomic mass is 16.3. The molecule has 2 N–H and O–H groups in total. The number of hydrogen-bond donors (Lipinski definition) is 2. The number of aliphatic hydroxyl groups is 1. The van der Waals surface area contributed by atoms with Crippen LogP contribution in [0, 0.1) is 11.3 Å². The second-order valence-corrected chi connectivity index (χ2v) is 5.95. The van der Waals surface area contributed by atoms with E-state index in [0.29, 0.717) is 24.9 Å². The van der Waals surface area contributed by atoms with E-state index in [2.05, 4.69) is 11.4 Å². The Morgan fingerprint density at radius 2 is 2.00 bits per heavy atom. The first-order chi connectivity index (χ1) is 12.1. The Hall–Kier alpha value is -2.84. The molecule has 2 amide bonds. The quantitative estimate of drug-likeness (QED) is 0.814. The van der Waals surface area contributed by atoms with Crippen molar-refractivity contribution in [2.24, 2.45) is 0 Å². The molecular formula is C20H23N3O2. The molecular weight excluding hydrogens is 314 g/mol. The maximum Gasteiger partial charge on any atom is 0.317 e. The standard InChI is InChI=1S/C20H23N3O2/c1-23(15-17-8-5-7-16(13-17)14-21)20(25)22-19(11-6-12-24)18-9-3-2-4-10-18/h2-5,7-10,13,19,24H,6,11-12,15H2,1H3,(H,22,25). The number of amides is 2. The lowest BCUT2D eigenvalue weighted by Gasteiger charge is -2.24. The van der Waals surface area contributed by atoms with Crippen molar-refractivity contribution >= 4 is 6.03 Å². The number of rotatable bonds is 7. The van der Waals surface area contributed by atoms with Gasteiger partial charge in [-0.25, -0.2) is 4.79 Å². The van der Waals surface area contributed by atoms with Crippen LogP contribution in [0.2, 0.25) is 0 Å². The normalized spacial score (nSPS) is 11.4. The summed E-state index contributed by atoms with van der Waals surface area (Å²) in [6.45, 7) is 0.513. The van der Waals surface area contributed by atoms with Gasteiger partial charge in [-0.15, -0.1) is 0 Å². The average molecular weight is 337 g/mol. The van der Waals surface area contributed by atoms with Crippen molar-refractivity contribution in [3.63, 3.8) is 0 Å². The van der Waals surface area contributed by atoms with Crippen molar-refractivity contribution in [1.82, 2.24) is 10.2 Å². The van der Waals surface area contributed by atoms with Gasteiger partial charge in [-0.2, -0.15) is 5.26 Å². The molecule has 2 rings (SSSR count). The lowest BCUT2D eigenvalue weighted by molar-refractivity contribution is 0.200. The first kappa shape index (κ1) is 18.5. The van der Waals surface area contributed by atoms with Crippen LogP contribution in [0.15, 0.2) is 54.6 Å². The molecule has 0 aromatic heterocycles. The van der Waals surface area contributed by atoms with Gasteiger partial charge < -0.3 is 15.3 Å². The van der Waals surface area contributed by atoms with E-state index >= 15 is 0 Å². The number of hydrogen-bond acceptors (Lipinski definition) is 3. The fourth-order valence-electron chi connectivity index (χ4n) is 2.65. The predicted octanol–water partition coefficient (Wildman–Crippen LogP) is 3.21. The lowest BCUT2D eigenvalue weighted by Crippen LogP contribution is -2.39. The van der Waals surface area contributed by atoms with Crippen LogP contribution in [0.1, 0.15) is 35.6 Å². The van der Waals surface area contributed by atoms with Crippen molar-refractivity contribution < 1.29 is 9.90 Å². The largest absolute Gasteiger partial charge is 0.396 e. The first-order valence-electron chi connectivity index (χ1n) is 8.30. The molecule has 0 saturated carbocycles. The van der Waals surface area contributed by atoms with Crippen LogP contribution in [0.3, 0.4) is 0 Å². The van der Waals surface area contributed by atoms with Gasteiger partial charge in [0.25, 0.3) is 0 Å². The molecule has 2 aromatic rings. The van der Waals surface area contributed by atoms with E-state index in [9.17, 15) is 4.79 Å². The van der Waals surface area contributed by atoms with E-state index < -0.39 is 0 Å².